The van der Waals surface area contributed by atoms with Crippen molar-refractivity contribution in [1.29, 1.82) is 0 Å². The summed E-state index contributed by atoms with van der Waals surface area (Å²) in [6.45, 7) is 3.41. The lowest BCUT2D eigenvalue weighted by atomic mass is 9.82. The molecule has 7 heteroatoms. The Labute approximate surface area is 111 Å². The van der Waals surface area contributed by atoms with E-state index in [-0.39, 0.29) is 25.0 Å². The smallest absolute Gasteiger partial charge is 0.320 e. The van der Waals surface area contributed by atoms with Crippen molar-refractivity contribution in [1.82, 2.24) is 15.1 Å². The van der Waals surface area contributed by atoms with E-state index in [2.05, 4.69) is 5.32 Å². The molecule has 0 aromatic heterocycles. The van der Waals surface area contributed by atoms with Gasteiger partial charge in [0.25, 0.3) is 0 Å². The van der Waals surface area contributed by atoms with E-state index in [0.29, 0.717) is 32.5 Å². The molecule has 0 saturated carbocycles. The molecule has 2 aliphatic heterocycles. The summed E-state index contributed by atoms with van der Waals surface area (Å²) < 4.78 is 0. The van der Waals surface area contributed by atoms with Crippen LogP contribution in [-0.2, 0) is 9.59 Å². The Hall–Kier alpha value is -1.79. The lowest BCUT2D eigenvalue weighted by Gasteiger charge is -2.40. The van der Waals surface area contributed by atoms with Crippen molar-refractivity contribution >= 4 is 17.9 Å². The molecule has 2 heterocycles. The van der Waals surface area contributed by atoms with Gasteiger partial charge in [-0.15, -0.1) is 0 Å². The molecular weight excluding hydrogens is 250 g/mol. The van der Waals surface area contributed by atoms with Gasteiger partial charge in [-0.2, -0.15) is 0 Å². The number of carbonyl (C=O) groups is 3. The van der Waals surface area contributed by atoms with E-state index >= 15 is 0 Å². The van der Waals surface area contributed by atoms with Crippen molar-refractivity contribution in [3.05, 3.63) is 0 Å². The zero-order valence-electron chi connectivity index (χ0n) is 11.0. The largest absolute Gasteiger partial charge is 0.481 e. The van der Waals surface area contributed by atoms with E-state index in [9.17, 15) is 19.5 Å². The second kappa shape index (κ2) is 5.07. The number of nitrogens with one attached hydrogen (secondary N) is 1. The Morgan fingerprint density at radius 1 is 1.32 bits per heavy atom. The molecule has 106 valence electrons. The third kappa shape index (κ3) is 2.80. The van der Waals surface area contributed by atoms with Gasteiger partial charge in [-0.05, 0) is 19.8 Å². The van der Waals surface area contributed by atoms with Crippen LogP contribution >= 0.6 is 0 Å². The monoisotopic (exact) mass is 269 g/mol. The van der Waals surface area contributed by atoms with Crippen LogP contribution in [0.25, 0.3) is 0 Å². The van der Waals surface area contributed by atoms with Crippen molar-refractivity contribution in [3.63, 3.8) is 0 Å². The van der Waals surface area contributed by atoms with E-state index in [1.165, 1.54) is 4.90 Å². The second-order valence-electron chi connectivity index (χ2n) is 5.45. The molecule has 0 spiro atoms. The molecule has 2 aliphatic rings. The number of likely N-dealkylation sites (tertiary alicyclic amines) is 1. The maximum atomic E-state index is 12.3. The Bertz CT molecular complexity index is 412. The molecule has 7 nitrogen and oxygen atoms in total. The summed E-state index contributed by atoms with van der Waals surface area (Å²) in [7, 11) is 0. The third-order valence-corrected chi connectivity index (χ3v) is 3.79. The van der Waals surface area contributed by atoms with E-state index < -0.39 is 11.4 Å². The number of piperazine rings is 1. The Kier molecular flexibility index (Phi) is 3.64. The van der Waals surface area contributed by atoms with E-state index in [4.69, 9.17) is 0 Å². The van der Waals surface area contributed by atoms with Crippen molar-refractivity contribution in [2.24, 2.45) is 5.41 Å². The third-order valence-electron chi connectivity index (χ3n) is 3.79. The minimum atomic E-state index is -0.883. The van der Waals surface area contributed by atoms with Gasteiger partial charge < -0.3 is 20.2 Å². The molecule has 0 bridgehead atoms. The molecule has 0 aromatic rings. The minimum Gasteiger partial charge on any atom is -0.481 e. The maximum absolute atomic E-state index is 12.3. The number of urea groups is 1. The molecular formula is C12H19N3O4. The molecule has 0 radical (unpaired) electrons. The second-order valence-corrected chi connectivity index (χ2v) is 5.45. The summed E-state index contributed by atoms with van der Waals surface area (Å²) in [4.78, 5) is 37.9. The van der Waals surface area contributed by atoms with Crippen LogP contribution in [0.5, 0.6) is 0 Å². The molecule has 2 N–H and O–H groups in total. The first-order chi connectivity index (χ1) is 8.92. The minimum absolute atomic E-state index is 0.0547. The van der Waals surface area contributed by atoms with Crippen molar-refractivity contribution in [2.75, 3.05) is 32.7 Å². The molecule has 1 atom stereocenters. The number of amides is 3. The predicted octanol–water partition coefficient (Wildman–Crippen LogP) is -0.275. The predicted molar refractivity (Wildman–Crippen MR) is 66.5 cm³/mol. The Morgan fingerprint density at radius 2 is 2.05 bits per heavy atom. The molecule has 3 amide bonds. The van der Waals surface area contributed by atoms with Gasteiger partial charge >= 0.3 is 12.0 Å². The number of rotatable bonds is 1. The highest BCUT2D eigenvalue weighted by molar-refractivity contribution is 5.85. The summed E-state index contributed by atoms with van der Waals surface area (Å²) in [5.74, 6) is -1.04. The van der Waals surface area contributed by atoms with Crippen LogP contribution < -0.4 is 5.32 Å². The lowest BCUT2D eigenvalue weighted by Crippen LogP contribution is -2.57. The topological polar surface area (TPSA) is 89.9 Å². The first-order valence-corrected chi connectivity index (χ1v) is 6.46. The highest BCUT2D eigenvalue weighted by Gasteiger charge is 2.40. The fourth-order valence-corrected chi connectivity index (χ4v) is 2.58. The number of nitrogens with zero attached hydrogens (tertiary/aromatic N) is 2. The zero-order valence-corrected chi connectivity index (χ0v) is 11.0. The van der Waals surface area contributed by atoms with Crippen LogP contribution in [0, 0.1) is 5.41 Å². The average molecular weight is 269 g/mol. The number of carbonyl (C=O) groups excluding carboxylic acids is 2. The SMILES string of the molecule is CC1(C(=O)O)CCCN(C(=O)N2CCNC(=O)C2)C1. The van der Waals surface area contributed by atoms with Crippen LogP contribution in [0.15, 0.2) is 0 Å². The quantitative estimate of drug-likeness (QED) is 0.685. The summed E-state index contributed by atoms with van der Waals surface area (Å²) in [5, 5.41) is 11.9. The van der Waals surface area contributed by atoms with E-state index in [1.807, 2.05) is 0 Å². The fourth-order valence-electron chi connectivity index (χ4n) is 2.58. The fraction of sp³-hybridized carbons (Fsp3) is 0.750. The van der Waals surface area contributed by atoms with Crippen molar-refractivity contribution < 1.29 is 19.5 Å². The maximum Gasteiger partial charge on any atom is 0.320 e. The highest BCUT2D eigenvalue weighted by Crippen LogP contribution is 2.30. The molecule has 0 aromatic carbocycles. The van der Waals surface area contributed by atoms with Gasteiger partial charge in [0.1, 0.15) is 6.54 Å². The van der Waals surface area contributed by atoms with Crippen LogP contribution in [0.3, 0.4) is 0 Å². The Balaban J connectivity index is 2.02. The standard InChI is InChI=1S/C12H19N3O4/c1-12(10(17)18)3-2-5-15(8-12)11(19)14-6-4-13-9(16)7-14/h2-8H2,1H3,(H,13,16)(H,17,18). The van der Waals surface area contributed by atoms with Gasteiger partial charge in [-0.1, -0.05) is 0 Å². The number of carboxylic acid groups (broad SMARTS) is 1. The molecule has 19 heavy (non-hydrogen) atoms. The summed E-state index contributed by atoms with van der Waals surface area (Å²) in [5.41, 5.74) is -0.883. The van der Waals surface area contributed by atoms with Gasteiger partial charge in [0.05, 0.1) is 5.41 Å². The van der Waals surface area contributed by atoms with Crippen molar-refractivity contribution in [3.8, 4) is 0 Å². The van der Waals surface area contributed by atoms with Gasteiger partial charge in [-0.25, -0.2) is 4.79 Å². The van der Waals surface area contributed by atoms with E-state index in [1.54, 1.807) is 11.8 Å². The van der Waals surface area contributed by atoms with Gasteiger partial charge in [0.15, 0.2) is 0 Å². The molecule has 2 saturated heterocycles. The number of hydrogen-bond donors (Lipinski definition) is 2. The first-order valence-electron chi connectivity index (χ1n) is 6.46. The van der Waals surface area contributed by atoms with Gasteiger partial charge in [0, 0.05) is 26.2 Å². The first kappa shape index (κ1) is 13.6. The van der Waals surface area contributed by atoms with Gasteiger partial charge in [0.2, 0.25) is 5.91 Å². The molecule has 0 aliphatic carbocycles. The summed E-state index contributed by atoms with van der Waals surface area (Å²) >= 11 is 0. The van der Waals surface area contributed by atoms with Crippen molar-refractivity contribution in [2.45, 2.75) is 19.8 Å². The average Bonchev–Trinajstić information content (AvgIpc) is 2.38. The van der Waals surface area contributed by atoms with Crippen LogP contribution in [0.4, 0.5) is 4.79 Å². The van der Waals surface area contributed by atoms with E-state index in [0.717, 1.165) is 0 Å². The lowest BCUT2D eigenvalue weighted by molar-refractivity contribution is -0.150. The van der Waals surface area contributed by atoms with Crippen LogP contribution in [0.2, 0.25) is 0 Å². The Morgan fingerprint density at radius 3 is 2.68 bits per heavy atom. The summed E-state index contributed by atoms with van der Waals surface area (Å²) in [6.07, 6.45) is 1.25. The van der Waals surface area contributed by atoms with Crippen LogP contribution in [0.1, 0.15) is 19.8 Å². The zero-order chi connectivity index (χ0) is 14.0. The normalized spacial score (nSPS) is 27.9. The molecule has 1 unspecified atom stereocenters. The highest BCUT2D eigenvalue weighted by atomic mass is 16.4. The number of aliphatic carboxylic acids is 1. The molecule has 2 fully saturated rings. The number of carboxylic acids is 1. The summed E-state index contributed by atoms with van der Waals surface area (Å²) in [6, 6.07) is -0.234. The number of piperidine rings is 1. The molecule has 2 rings (SSSR count). The van der Waals surface area contributed by atoms with Gasteiger partial charge in [-0.3, -0.25) is 9.59 Å². The number of hydrogen-bond acceptors (Lipinski definition) is 3. The van der Waals surface area contributed by atoms with Crippen LogP contribution in [-0.4, -0.2) is 65.5 Å².